The van der Waals surface area contributed by atoms with Crippen LogP contribution in [0.2, 0.25) is 0 Å². The second kappa shape index (κ2) is 8.45. The Hall–Kier alpha value is -0.990. The summed E-state index contributed by atoms with van der Waals surface area (Å²) in [4.78, 5) is 0. The summed E-state index contributed by atoms with van der Waals surface area (Å²) in [6.45, 7) is 0.799. The summed E-state index contributed by atoms with van der Waals surface area (Å²) in [6.07, 6.45) is -3.72. The van der Waals surface area contributed by atoms with Crippen molar-refractivity contribution >= 4 is 15.9 Å². The summed E-state index contributed by atoms with van der Waals surface area (Å²) in [6, 6.07) is 3.54. The average molecular weight is 372 g/mol. The summed E-state index contributed by atoms with van der Waals surface area (Å²) < 4.78 is 51.6. The highest BCUT2D eigenvalue weighted by molar-refractivity contribution is 9.10. The third-order valence-corrected chi connectivity index (χ3v) is 2.94. The molecule has 1 aromatic rings. The molecule has 0 heterocycles. The molecule has 0 saturated heterocycles. The summed E-state index contributed by atoms with van der Waals surface area (Å²) in [7, 11) is 0. The van der Waals surface area contributed by atoms with Crippen LogP contribution in [0.3, 0.4) is 0 Å². The first-order chi connectivity index (χ1) is 9.87. The van der Waals surface area contributed by atoms with Crippen LogP contribution in [0.25, 0.3) is 0 Å². The van der Waals surface area contributed by atoms with E-state index in [2.05, 4.69) is 20.7 Å². The molecule has 0 atom stereocenters. The normalized spacial score (nSPS) is 11.5. The van der Waals surface area contributed by atoms with Gasteiger partial charge in [-0.05, 0) is 53.5 Å². The highest BCUT2D eigenvalue weighted by atomic mass is 79.9. The maximum Gasteiger partial charge on any atom is 0.411 e. The van der Waals surface area contributed by atoms with E-state index in [4.69, 9.17) is 15.2 Å². The topological polar surface area (TPSA) is 53.7 Å². The van der Waals surface area contributed by atoms with E-state index in [0.29, 0.717) is 35.5 Å². The number of nitrogens with two attached hydrogens (primary N) is 1. The molecule has 0 aromatic heterocycles. The molecule has 120 valence electrons. The second-order valence-electron chi connectivity index (χ2n) is 4.10. The molecule has 21 heavy (non-hydrogen) atoms. The van der Waals surface area contributed by atoms with Gasteiger partial charge in [0, 0.05) is 0 Å². The highest BCUT2D eigenvalue weighted by Gasteiger charge is 2.27. The lowest BCUT2D eigenvalue weighted by Gasteiger charge is -2.15. The lowest BCUT2D eigenvalue weighted by molar-refractivity contribution is -0.186. The molecule has 0 aliphatic carbocycles. The Kier molecular flexibility index (Phi) is 7.27. The van der Waals surface area contributed by atoms with Crippen molar-refractivity contribution in [3.8, 4) is 11.5 Å². The smallest absolute Gasteiger partial charge is 0.411 e. The van der Waals surface area contributed by atoms with Crippen LogP contribution in [0.15, 0.2) is 16.6 Å². The van der Waals surface area contributed by atoms with Crippen LogP contribution < -0.4 is 15.2 Å². The minimum absolute atomic E-state index is 0.305. The van der Waals surface area contributed by atoms with E-state index >= 15 is 0 Å². The van der Waals surface area contributed by atoms with Crippen molar-refractivity contribution in [3.63, 3.8) is 0 Å². The maximum atomic E-state index is 12.0. The van der Waals surface area contributed by atoms with Gasteiger partial charge in [-0.25, -0.2) is 0 Å². The van der Waals surface area contributed by atoms with E-state index in [0.717, 1.165) is 5.56 Å². The molecule has 0 bridgehead atoms. The molecule has 2 N–H and O–H groups in total. The minimum atomic E-state index is -4.38. The van der Waals surface area contributed by atoms with Gasteiger partial charge in [0.1, 0.15) is 6.61 Å². The van der Waals surface area contributed by atoms with Gasteiger partial charge in [0.15, 0.2) is 18.3 Å². The highest BCUT2D eigenvalue weighted by Crippen LogP contribution is 2.37. The molecule has 0 fully saturated rings. The first-order valence-electron chi connectivity index (χ1n) is 6.30. The van der Waals surface area contributed by atoms with E-state index in [9.17, 15) is 13.2 Å². The number of hydrogen-bond donors (Lipinski definition) is 1. The molecule has 0 radical (unpaired) electrons. The number of rotatable bonds is 8. The first-order valence-corrected chi connectivity index (χ1v) is 7.09. The van der Waals surface area contributed by atoms with Crippen molar-refractivity contribution in [1.82, 2.24) is 0 Å². The second-order valence-corrected chi connectivity index (χ2v) is 4.96. The van der Waals surface area contributed by atoms with Crippen LogP contribution in [0, 0.1) is 0 Å². The molecule has 0 saturated carbocycles. The molecule has 4 nitrogen and oxygen atoms in total. The van der Waals surface area contributed by atoms with E-state index in [1.165, 1.54) is 0 Å². The fraction of sp³-hybridized carbons (Fsp3) is 0.538. The zero-order chi connectivity index (χ0) is 15.9. The fourth-order valence-electron chi connectivity index (χ4n) is 1.59. The van der Waals surface area contributed by atoms with Crippen LogP contribution in [0.1, 0.15) is 12.5 Å². The van der Waals surface area contributed by atoms with Gasteiger partial charge in [-0.15, -0.1) is 0 Å². The molecule has 0 spiro atoms. The lowest BCUT2D eigenvalue weighted by Crippen LogP contribution is -2.19. The first kappa shape index (κ1) is 18.1. The van der Waals surface area contributed by atoms with Crippen molar-refractivity contribution in [1.29, 1.82) is 0 Å². The molecule has 1 rings (SSSR count). The van der Waals surface area contributed by atoms with Crippen molar-refractivity contribution in [2.45, 2.75) is 19.5 Å². The molecule has 1 aromatic carbocycles. The molecule has 0 unspecified atom stereocenters. The van der Waals surface area contributed by atoms with Crippen LogP contribution in [0.5, 0.6) is 11.5 Å². The molecule has 8 heteroatoms. The lowest BCUT2D eigenvalue weighted by atomic mass is 10.1. The Bertz CT molecular complexity index is 455. The van der Waals surface area contributed by atoms with Crippen molar-refractivity contribution in [3.05, 3.63) is 22.2 Å². The van der Waals surface area contributed by atoms with Crippen molar-refractivity contribution in [2.75, 3.05) is 26.6 Å². The summed E-state index contributed by atoms with van der Waals surface area (Å²) >= 11 is 3.31. The van der Waals surface area contributed by atoms with E-state index in [-0.39, 0.29) is 0 Å². The number of ether oxygens (including phenoxy) is 3. The quantitative estimate of drug-likeness (QED) is 0.562. The third-order valence-electron chi connectivity index (χ3n) is 2.35. The maximum absolute atomic E-state index is 12.0. The van der Waals surface area contributed by atoms with Gasteiger partial charge in [-0.3, -0.25) is 0 Å². The number of benzene rings is 1. The number of hydrogen-bond acceptors (Lipinski definition) is 4. The Morgan fingerprint density at radius 2 is 1.95 bits per heavy atom. The summed E-state index contributed by atoms with van der Waals surface area (Å²) in [5.74, 6) is 0.741. The number of halogens is 4. The van der Waals surface area contributed by atoms with E-state index in [1.807, 2.05) is 0 Å². The van der Waals surface area contributed by atoms with Gasteiger partial charge >= 0.3 is 6.18 Å². The molecule has 0 aliphatic rings. The molecular formula is C13H17BrF3NO3. The Morgan fingerprint density at radius 1 is 1.24 bits per heavy atom. The summed E-state index contributed by atoms with van der Waals surface area (Å²) in [5.41, 5.74) is 6.44. The van der Waals surface area contributed by atoms with Crippen molar-refractivity contribution in [2.24, 2.45) is 5.73 Å². The van der Waals surface area contributed by atoms with E-state index in [1.54, 1.807) is 19.1 Å². The molecular weight excluding hydrogens is 355 g/mol. The molecule has 0 aliphatic heterocycles. The van der Waals surface area contributed by atoms with Gasteiger partial charge in [0.05, 0.1) is 11.1 Å². The monoisotopic (exact) mass is 371 g/mol. The van der Waals surface area contributed by atoms with Crippen LogP contribution in [-0.2, 0) is 11.2 Å². The standard InChI is InChI=1S/C13H17BrF3NO3/c1-2-20-11-6-9(3-4-18)5-10(14)12(11)21-8-19-7-13(15,16)17/h5-6H,2-4,7-8,18H2,1H3. The SMILES string of the molecule is CCOc1cc(CCN)cc(Br)c1OCOCC(F)(F)F. The van der Waals surface area contributed by atoms with Crippen LogP contribution in [-0.4, -0.2) is 32.7 Å². The van der Waals surface area contributed by atoms with Gasteiger partial charge in [0.25, 0.3) is 0 Å². The predicted octanol–water partition coefficient (Wildman–Crippen LogP) is 3.26. The third kappa shape index (κ3) is 6.54. The van der Waals surface area contributed by atoms with Crippen molar-refractivity contribution < 1.29 is 27.4 Å². The Balaban J connectivity index is 2.75. The fourth-order valence-corrected chi connectivity index (χ4v) is 2.20. The van der Waals surface area contributed by atoms with Crippen LogP contribution >= 0.6 is 15.9 Å². The van der Waals surface area contributed by atoms with Gasteiger partial charge < -0.3 is 19.9 Å². The summed E-state index contributed by atoms with van der Waals surface area (Å²) in [5, 5.41) is 0. The van der Waals surface area contributed by atoms with Crippen LogP contribution in [0.4, 0.5) is 13.2 Å². The number of alkyl halides is 3. The average Bonchev–Trinajstić information content (AvgIpc) is 2.36. The zero-order valence-corrected chi connectivity index (χ0v) is 13.1. The zero-order valence-electron chi connectivity index (χ0n) is 11.5. The minimum Gasteiger partial charge on any atom is -0.490 e. The Morgan fingerprint density at radius 3 is 2.52 bits per heavy atom. The van der Waals surface area contributed by atoms with Gasteiger partial charge in [0.2, 0.25) is 0 Å². The van der Waals surface area contributed by atoms with Gasteiger partial charge in [-0.1, -0.05) is 0 Å². The Labute approximate surface area is 129 Å². The van der Waals surface area contributed by atoms with Gasteiger partial charge in [-0.2, -0.15) is 13.2 Å². The predicted molar refractivity (Wildman–Crippen MR) is 75.6 cm³/mol. The molecule has 0 amide bonds. The van der Waals surface area contributed by atoms with E-state index < -0.39 is 19.6 Å². The largest absolute Gasteiger partial charge is 0.490 e.